The summed E-state index contributed by atoms with van der Waals surface area (Å²) < 4.78 is 5.43. The summed E-state index contributed by atoms with van der Waals surface area (Å²) in [7, 11) is 0. The highest BCUT2D eigenvalue weighted by Gasteiger charge is 2.26. The number of carbonyl (C=O) groups excluding carboxylic acids is 1. The van der Waals surface area contributed by atoms with E-state index in [1.807, 2.05) is 13.8 Å². The number of fused-ring (bicyclic) bond motifs is 1. The lowest BCUT2D eigenvalue weighted by molar-refractivity contribution is -0.139. The minimum atomic E-state index is -1.22. The molecule has 8 heteroatoms. The first-order chi connectivity index (χ1) is 12.4. The van der Waals surface area contributed by atoms with Crippen LogP contribution in [0.4, 0.5) is 0 Å². The standard InChI is InChI=1S/C18H18ClN3O4/c1-9(2)16-20-8-12(19)15(21-16)17(23)22-14(18(24)25)11-3-4-13-10(7-11)5-6-26-13/h3-4,7-9,14H,5-6H2,1-2H3,(H,22,23)(H,24,25). The lowest BCUT2D eigenvalue weighted by Gasteiger charge is -2.16. The Morgan fingerprint density at radius 1 is 1.35 bits per heavy atom. The molecule has 1 amide bonds. The second-order valence-corrected chi connectivity index (χ2v) is 6.70. The quantitative estimate of drug-likeness (QED) is 0.833. The van der Waals surface area contributed by atoms with Gasteiger partial charge < -0.3 is 15.2 Å². The third kappa shape index (κ3) is 3.62. The van der Waals surface area contributed by atoms with Crippen molar-refractivity contribution in [1.82, 2.24) is 15.3 Å². The van der Waals surface area contributed by atoms with Crippen LogP contribution in [0.3, 0.4) is 0 Å². The van der Waals surface area contributed by atoms with Crippen molar-refractivity contribution in [3.05, 3.63) is 52.1 Å². The molecule has 1 unspecified atom stereocenters. The molecule has 3 rings (SSSR count). The molecule has 7 nitrogen and oxygen atoms in total. The van der Waals surface area contributed by atoms with Gasteiger partial charge in [0.2, 0.25) is 0 Å². The van der Waals surface area contributed by atoms with Crippen LogP contribution in [-0.2, 0) is 11.2 Å². The Morgan fingerprint density at radius 2 is 2.12 bits per heavy atom. The topological polar surface area (TPSA) is 101 Å². The van der Waals surface area contributed by atoms with Crippen LogP contribution in [0.25, 0.3) is 0 Å². The van der Waals surface area contributed by atoms with E-state index in [2.05, 4.69) is 15.3 Å². The normalized spacial score (nSPS) is 13.8. The zero-order valence-electron chi connectivity index (χ0n) is 14.3. The molecular formula is C18H18ClN3O4. The van der Waals surface area contributed by atoms with Gasteiger partial charge in [0, 0.05) is 12.3 Å². The monoisotopic (exact) mass is 375 g/mol. The molecule has 26 heavy (non-hydrogen) atoms. The number of aromatic nitrogens is 2. The van der Waals surface area contributed by atoms with Gasteiger partial charge in [-0.2, -0.15) is 0 Å². The van der Waals surface area contributed by atoms with Crippen LogP contribution in [0.5, 0.6) is 5.75 Å². The highest BCUT2D eigenvalue weighted by Crippen LogP contribution is 2.28. The number of amides is 1. The van der Waals surface area contributed by atoms with Crippen molar-refractivity contribution in [2.45, 2.75) is 32.2 Å². The Balaban J connectivity index is 1.88. The maximum absolute atomic E-state index is 12.6. The average molecular weight is 376 g/mol. The molecule has 1 atom stereocenters. The zero-order valence-corrected chi connectivity index (χ0v) is 15.1. The summed E-state index contributed by atoms with van der Waals surface area (Å²) in [6, 6.07) is 3.86. The predicted octanol–water partition coefficient (Wildman–Crippen LogP) is 2.74. The molecule has 136 valence electrons. The SMILES string of the molecule is CC(C)c1ncc(Cl)c(C(=O)NC(C(=O)O)c2ccc3c(c2)CCO3)n1. The van der Waals surface area contributed by atoms with Gasteiger partial charge in [-0.3, -0.25) is 4.79 Å². The van der Waals surface area contributed by atoms with Gasteiger partial charge in [0.05, 0.1) is 17.8 Å². The van der Waals surface area contributed by atoms with Crippen molar-refractivity contribution in [2.24, 2.45) is 0 Å². The van der Waals surface area contributed by atoms with Gasteiger partial charge in [-0.15, -0.1) is 0 Å². The lowest BCUT2D eigenvalue weighted by Crippen LogP contribution is -2.34. The van der Waals surface area contributed by atoms with Crippen LogP contribution < -0.4 is 10.1 Å². The number of ether oxygens (including phenoxy) is 1. The molecular weight excluding hydrogens is 358 g/mol. The summed E-state index contributed by atoms with van der Waals surface area (Å²) in [6.45, 7) is 4.34. The number of carboxylic acid groups (broad SMARTS) is 1. The van der Waals surface area contributed by atoms with E-state index in [1.54, 1.807) is 18.2 Å². The molecule has 0 saturated carbocycles. The van der Waals surface area contributed by atoms with Crippen molar-refractivity contribution in [1.29, 1.82) is 0 Å². The van der Waals surface area contributed by atoms with Crippen LogP contribution in [0, 0.1) is 0 Å². The Morgan fingerprint density at radius 3 is 2.81 bits per heavy atom. The Bertz CT molecular complexity index is 870. The summed E-state index contributed by atoms with van der Waals surface area (Å²) in [6.07, 6.45) is 2.06. The van der Waals surface area contributed by atoms with E-state index in [-0.39, 0.29) is 16.6 Å². The summed E-state index contributed by atoms with van der Waals surface area (Å²) in [4.78, 5) is 32.6. The molecule has 1 aromatic heterocycles. The number of rotatable bonds is 5. The average Bonchev–Trinajstić information content (AvgIpc) is 3.06. The van der Waals surface area contributed by atoms with E-state index >= 15 is 0 Å². The van der Waals surface area contributed by atoms with E-state index in [0.29, 0.717) is 24.4 Å². The van der Waals surface area contributed by atoms with Crippen molar-refractivity contribution in [3.63, 3.8) is 0 Å². The number of nitrogens with zero attached hydrogens (tertiary/aromatic N) is 2. The molecule has 1 aliphatic rings. The minimum absolute atomic E-state index is 0.00537. The second-order valence-electron chi connectivity index (χ2n) is 6.29. The van der Waals surface area contributed by atoms with Crippen molar-refractivity contribution < 1.29 is 19.4 Å². The number of carboxylic acids is 1. The summed E-state index contributed by atoms with van der Waals surface area (Å²) in [5.74, 6) is -0.633. The number of hydrogen-bond donors (Lipinski definition) is 2. The predicted molar refractivity (Wildman–Crippen MR) is 94.6 cm³/mol. The molecule has 0 saturated heterocycles. The van der Waals surface area contributed by atoms with Crippen LogP contribution in [-0.4, -0.2) is 33.6 Å². The molecule has 1 aliphatic heterocycles. The minimum Gasteiger partial charge on any atom is -0.493 e. The highest BCUT2D eigenvalue weighted by atomic mass is 35.5. The zero-order chi connectivity index (χ0) is 18.8. The maximum Gasteiger partial charge on any atom is 0.330 e. The van der Waals surface area contributed by atoms with Gasteiger partial charge in [0.1, 0.15) is 17.3 Å². The molecule has 0 aliphatic carbocycles. The number of nitrogens with one attached hydrogen (secondary N) is 1. The van der Waals surface area contributed by atoms with Gasteiger partial charge in [0.15, 0.2) is 6.04 Å². The van der Waals surface area contributed by atoms with Gasteiger partial charge in [-0.1, -0.05) is 31.5 Å². The second kappa shape index (κ2) is 7.29. The van der Waals surface area contributed by atoms with E-state index in [4.69, 9.17) is 16.3 Å². The van der Waals surface area contributed by atoms with Crippen molar-refractivity contribution in [3.8, 4) is 5.75 Å². The lowest BCUT2D eigenvalue weighted by atomic mass is 10.0. The molecule has 0 bridgehead atoms. The summed E-state index contributed by atoms with van der Waals surface area (Å²) in [5, 5.41) is 12.1. The number of halogens is 1. The number of aliphatic carboxylic acids is 1. The van der Waals surface area contributed by atoms with Gasteiger partial charge in [-0.25, -0.2) is 14.8 Å². The maximum atomic E-state index is 12.6. The molecule has 2 heterocycles. The van der Waals surface area contributed by atoms with E-state index in [0.717, 1.165) is 11.3 Å². The highest BCUT2D eigenvalue weighted by molar-refractivity contribution is 6.33. The number of benzene rings is 1. The van der Waals surface area contributed by atoms with Crippen LogP contribution in [0.2, 0.25) is 5.02 Å². The van der Waals surface area contributed by atoms with Crippen molar-refractivity contribution >= 4 is 23.5 Å². The first kappa shape index (κ1) is 18.1. The van der Waals surface area contributed by atoms with E-state index < -0.39 is 17.9 Å². The molecule has 0 fully saturated rings. The third-order valence-corrected chi connectivity index (χ3v) is 4.34. The first-order valence-electron chi connectivity index (χ1n) is 8.18. The Labute approximate surface area is 155 Å². The summed E-state index contributed by atoms with van der Waals surface area (Å²) in [5.41, 5.74) is 1.34. The van der Waals surface area contributed by atoms with Crippen LogP contribution in [0.15, 0.2) is 24.4 Å². The first-order valence-corrected chi connectivity index (χ1v) is 8.56. The van der Waals surface area contributed by atoms with Gasteiger partial charge in [-0.05, 0) is 23.3 Å². The van der Waals surface area contributed by atoms with Gasteiger partial charge >= 0.3 is 5.97 Å². The number of hydrogen-bond acceptors (Lipinski definition) is 5. The third-order valence-electron chi connectivity index (χ3n) is 4.06. The smallest absolute Gasteiger partial charge is 0.330 e. The van der Waals surface area contributed by atoms with Crippen LogP contribution >= 0.6 is 11.6 Å². The van der Waals surface area contributed by atoms with Gasteiger partial charge in [0.25, 0.3) is 5.91 Å². The molecule has 0 radical (unpaired) electrons. The molecule has 0 spiro atoms. The van der Waals surface area contributed by atoms with E-state index in [1.165, 1.54) is 6.20 Å². The fourth-order valence-electron chi connectivity index (χ4n) is 2.69. The fraction of sp³-hybridized carbons (Fsp3) is 0.333. The molecule has 1 aromatic carbocycles. The Kier molecular flexibility index (Phi) is 5.08. The van der Waals surface area contributed by atoms with E-state index in [9.17, 15) is 14.7 Å². The van der Waals surface area contributed by atoms with Crippen molar-refractivity contribution in [2.75, 3.05) is 6.61 Å². The molecule has 2 aromatic rings. The summed E-state index contributed by atoms with van der Waals surface area (Å²) >= 11 is 6.03. The fourth-order valence-corrected chi connectivity index (χ4v) is 2.87. The largest absolute Gasteiger partial charge is 0.493 e. The molecule has 2 N–H and O–H groups in total. The Hall–Kier alpha value is -2.67. The van der Waals surface area contributed by atoms with Crippen LogP contribution in [0.1, 0.15) is 53.2 Å². The number of carbonyl (C=O) groups is 2.